The zero-order valence-electron chi connectivity index (χ0n) is 19.2. The van der Waals surface area contributed by atoms with Gasteiger partial charge in [-0.1, -0.05) is 61.5 Å². The highest BCUT2D eigenvalue weighted by atomic mass is 16.5. The molecule has 1 atom stereocenters. The van der Waals surface area contributed by atoms with Crippen LogP contribution in [0.25, 0.3) is 11.1 Å². The third kappa shape index (κ3) is 5.02. The molecule has 3 aromatic carbocycles. The van der Waals surface area contributed by atoms with Crippen molar-refractivity contribution in [2.75, 3.05) is 18.5 Å². The fourth-order valence-electron chi connectivity index (χ4n) is 4.27. The maximum atomic E-state index is 12.8. The van der Waals surface area contributed by atoms with Crippen molar-refractivity contribution < 1.29 is 29.3 Å². The van der Waals surface area contributed by atoms with Gasteiger partial charge in [0.15, 0.2) is 6.04 Å². The highest BCUT2D eigenvalue weighted by Gasteiger charge is 2.29. The highest BCUT2D eigenvalue weighted by Crippen LogP contribution is 2.44. The lowest BCUT2D eigenvalue weighted by molar-refractivity contribution is -0.140. The third-order valence-corrected chi connectivity index (χ3v) is 6.10. The van der Waals surface area contributed by atoms with Gasteiger partial charge in [0, 0.05) is 5.92 Å². The summed E-state index contributed by atoms with van der Waals surface area (Å²) >= 11 is 0. The number of rotatable bonds is 8. The number of aliphatic hydroxyl groups excluding tert-OH is 1. The van der Waals surface area contributed by atoms with Crippen LogP contribution in [-0.2, 0) is 16.0 Å². The quantitative estimate of drug-likeness (QED) is 0.394. The smallest absolute Gasteiger partial charge is 0.411 e. The molecule has 0 radical (unpaired) electrons. The van der Waals surface area contributed by atoms with Crippen molar-refractivity contribution in [3.63, 3.8) is 0 Å². The Hall–Kier alpha value is -4.17. The van der Waals surface area contributed by atoms with Crippen LogP contribution in [0.15, 0.2) is 66.7 Å². The van der Waals surface area contributed by atoms with E-state index < -0.39 is 30.6 Å². The maximum Gasteiger partial charge on any atom is 0.411 e. The molecule has 0 saturated carbocycles. The number of aryl methyl sites for hydroxylation is 1. The minimum Gasteiger partial charge on any atom is -0.480 e. The number of aliphatic carboxylic acids is 1. The molecule has 0 bridgehead atoms. The number of benzene rings is 3. The Morgan fingerprint density at radius 3 is 2.17 bits per heavy atom. The number of hydrogen-bond acceptors (Lipinski definition) is 5. The summed E-state index contributed by atoms with van der Waals surface area (Å²) in [6.45, 7) is 1.26. The van der Waals surface area contributed by atoms with E-state index in [1.165, 1.54) is 0 Å². The molecule has 0 aliphatic heterocycles. The first kappa shape index (κ1) is 24.0. The van der Waals surface area contributed by atoms with E-state index in [1.807, 2.05) is 55.5 Å². The number of ether oxygens (including phenoxy) is 1. The van der Waals surface area contributed by atoms with Crippen molar-refractivity contribution in [3.8, 4) is 11.1 Å². The van der Waals surface area contributed by atoms with E-state index in [-0.39, 0.29) is 23.8 Å². The summed E-state index contributed by atoms with van der Waals surface area (Å²) < 4.78 is 5.56. The molecule has 2 amide bonds. The first-order valence-electron chi connectivity index (χ1n) is 11.3. The number of hydrogen-bond donors (Lipinski definition) is 4. The first-order chi connectivity index (χ1) is 16.9. The first-order valence-corrected chi connectivity index (χ1v) is 11.3. The lowest BCUT2D eigenvalue weighted by Gasteiger charge is -2.17. The van der Waals surface area contributed by atoms with Crippen molar-refractivity contribution >= 4 is 23.7 Å². The summed E-state index contributed by atoms with van der Waals surface area (Å²) in [5, 5.41) is 23.2. The molecule has 3 aromatic rings. The second-order valence-corrected chi connectivity index (χ2v) is 8.23. The van der Waals surface area contributed by atoms with Gasteiger partial charge in [0.05, 0.1) is 17.9 Å². The van der Waals surface area contributed by atoms with E-state index in [4.69, 9.17) is 9.84 Å². The number of fused-ring (bicyclic) bond motifs is 3. The number of aliphatic hydroxyl groups is 1. The summed E-state index contributed by atoms with van der Waals surface area (Å²) in [6, 6.07) is 19.4. The molecule has 0 spiro atoms. The molecule has 8 heteroatoms. The van der Waals surface area contributed by atoms with Gasteiger partial charge in [-0.05, 0) is 46.4 Å². The predicted molar refractivity (Wildman–Crippen MR) is 130 cm³/mol. The fourth-order valence-corrected chi connectivity index (χ4v) is 4.27. The maximum absolute atomic E-state index is 12.8. The number of carbonyl (C=O) groups is 3. The van der Waals surface area contributed by atoms with Crippen LogP contribution in [0.3, 0.4) is 0 Å². The SMILES string of the molecule is CCc1ccc(NC(=O)OCC2c3ccccc3-c3ccccc32)c(C(=O)NC(CO)C(=O)O)c1. The molecular weight excluding hydrogens is 448 g/mol. The molecule has 0 saturated heterocycles. The zero-order valence-corrected chi connectivity index (χ0v) is 19.2. The summed E-state index contributed by atoms with van der Waals surface area (Å²) in [6.07, 6.45) is -0.101. The van der Waals surface area contributed by atoms with Gasteiger partial charge in [0.1, 0.15) is 6.61 Å². The van der Waals surface area contributed by atoms with Crippen molar-refractivity contribution in [2.24, 2.45) is 0 Å². The average Bonchev–Trinajstić information content (AvgIpc) is 3.19. The van der Waals surface area contributed by atoms with Crippen molar-refractivity contribution in [3.05, 3.63) is 89.0 Å². The van der Waals surface area contributed by atoms with E-state index in [1.54, 1.807) is 18.2 Å². The fraction of sp³-hybridized carbons (Fsp3) is 0.222. The van der Waals surface area contributed by atoms with Crippen LogP contribution in [0.5, 0.6) is 0 Å². The van der Waals surface area contributed by atoms with E-state index >= 15 is 0 Å². The van der Waals surface area contributed by atoms with Crippen molar-refractivity contribution in [2.45, 2.75) is 25.3 Å². The van der Waals surface area contributed by atoms with Gasteiger partial charge in [-0.2, -0.15) is 0 Å². The Morgan fingerprint density at radius 1 is 0.971 bits per heavy atom. The molecule has 0 fully saturated rings. The predicted octanol–water partition coefficient (Wildman–Crippen LogP) is 3.79. The van der Waals surface area contributed by atoms with Gasteiger partial charge in [-0.15, -0.1) is 0 Å². The largest absolute Gasteiger partial charge is 0.480 e. The molecule has 1 unspecified atom stereocenters. The van der Waals surface area contributed by atoms with Crippen LogP contribution in [0.2, 0.25) is 0 Å². The van der Waals surface area contributed by atoms with Crippen LogP contribution in [0.4, 0.5) is 10.5 Å². The molecule has 4 rings (SSSR count). The Labute approximate surface area is 202 Å². The van der Waals surface area contributed by atoms with Gasteiger partial charge in [0.2, 0.25) is 0 Å². The zero-order chi connectivity index (χ0) is 24.9. The lowest BCUT2D eigenvalue weighted by Crippen LogP contribution is -2.43. The number of carboxylic acid groups (broad SMARTS) is 1. The molecule has 1 aliphatic rings. The lowest BCUT2D eigenvalue weighted by atomic mass is 9.98. The minimum absolute atomic E-state index is 0.0811. The van der Waals surface area contributed by atoms with Crippen LogP contribution in [0.1, 0.15) is 39.9 Å². The Bertz CT molecular complexity index is 1230. The number of amides is 2. The van der Waals surface area contributed by atoms with E-state index in [2.05, 4.69) is 10.6 Å². The van der Waals surface area contributed by atoms with Crippen molar-refractivity contribution in [1.82, 2.24) is 5.32 Å². The minimum atomic E-state index is -1.46. The molecule has 4 N–H and O–H groups in total. The van der Waals surface area contributed by atoms with Crippen LogP contribution in [0, 0.1) is 0 Å². The van der Waals surface area contributed by atoms with Crippen LogP contribution < -0.4 is 10.6 Å². The average molecular weight is 475 g/mol. The van der Waals surface area contributed by atoms with Gasteiger partial charge < -0.3 is 20.3 Å². The summed E-state index contributed by atoms with van der Waals surface area (Å²) in [5.74, 6) is -2.20. The second-order valence-electron chi connectivity index (χ2n) is 8.23. The molecular formula is C27H26N2O6. The summed E-state index contributed by atoms with van der Waals surface area (Å²) in [5.41, 5.74) is 5.47. The van der Waals surface area contributed by atoms with E-state index in [0.717, 1.165) is 27.8 Å². The van der Waals surface area contributed by atoms with Crippen LogP contribution >= 0.6 is 0 Å². The van der Waals surface area contributed by atoms with Crippen LogP contribution in [-0.4, -0.2) is 47.4 Å². The summed E-state index contributed by atoms with van der Waals surface area (Å²) in [4.78, 5) is 36.7. The van der Waals surface area contributed by atoms with Gasteiger partial charge in [0.25, 0.3) is 5.91 Å². The number of carbonyl (C=O) groups excluding carboxylic acids is 2. The number of anilines is 1. The molecule has 0 aromatic heterocycles. The molecule has 180 valence electrons. The summed E-state index contributed by atoms with van der Waals surface area (Å²) in [7, 11) is 0. The van der Waals surface area contributed by atoms with Gasteiger partial charge >= 0.3 is 12.1 Å². The third-order valence-electron chi connectivity index (χ3n) is 6.10. The topological polar surface area (TPSA) is 125 Å². The molecule has 8 nitrogen and oxygen atoms in total. The Morgan fingerprint density at radius 2 is 1.60 bits per heavy atom. The second kappa shape index (κ2) is 10.4. The van der Waals surface area contributed by atoms with E-state index in [9.17, 15) is 19.5 Å². The number of nitrogens with one attached hydrogen (secondary N) is 2. The molecule has 35 heavy (non-hydrogen) atoms. The van der Waals surface area contributed by atoms with Gasteiger partial charge in [-0.25, -0.2) is 9.59 Å². The normalized spacial score (nSPS) is 12.9. The molecule has 0 heterocycles. The standard InChI is InChI=1S/C27H26N2O6/c1-2-16-11-12-23(21(13-16)25(31)28-24(14-30)26(32)33)29-27(34)35-15-22-19-9-5-3-7-17(19)18-8-4-6-10-20(18)22/h3-13,22,24,30H,2,14-15H2,1H3,(H,28,31)(H,29,34)(H,32,33). The Balaban J connectivity index is 1.50. The molecule has 1 aliphatic carbocycles. The number of carboxylic acids is 1. The Kier molecular flexibility index (Phi) is 7.12. The monoisotopic (exact) mass is 474 g/mol. The van der Waals surface area contributed by atoms with Crippen molar-refractivity contribution in [1.29, 1.82) is 0 Å². The van der Waals surface area contributed by atoms with E-state index in [0.29, 0.717) is 6.42 Å². The van der Waals surface area contributed by atoms with Gasteiger partial charge in [-0.3, -0.25) is 10.1 Å². The highest BCUT2D eigenvalue weighted by molar-refractivity contribution is 6.04.